The number of aryl methyl sites for hydroxylation is 1. The van der Waals surface area contributed by atoms with Crippen LogP contribution >= 0.6 is 23.2 Å². The van der Waals surface area contributed by atoms with Crippen molar-refractivity contribution in [3.8, 4) is 12.3 Å². The fourth-order valence-corrected chi connectivity index (χ4v) is 1.97. The third kappa shape index (κ3) is 3.32. The van der Waals surface area contributed by atoms with Gasteiger partial charge >= 0.3 is 0 Å². The molecule has 20 heavy (non-hydrogen) atoms. The SMILES string of the molecule is C#CCOC(=Nc1ccc(Cl)cc1Cl)c1cncn1C. The average Bonchev–Trinajstić information content (AvgIpc) is 2.83. The number of aromatic nitrogens is 2. The van der Waals surface area contributed by atoms with Gasteiger partial charge in [-0.3, -0.25) is 0 Å². The Hall–Kier alpha value is -1.96. The van der Waals surface area contributed by atoms with Gasteiger partial charge in [0.15, 0.2) is 6.61 Å². The largest absolute Gasteiger partial charge is 0.463 e. The van der Waals surface area contributed by atoms with Gasteiger partial charge in [0.2, 0.25) is 5.90 Å². The van der Waals surface area contributed by atoms with Crippen LogP contribution < -0.4 is 0 Å². The molecule has 102 valence electrons. The number of nitrogens with zero attached hydrogens (tertiary/aromatic N) is 3. The molecule has 2 aromatic rings. The van der Waals surface area contributed by atoms with Gasteiger partial charge in [-0.1, -0.05) is 29.1 Å². The van der Waals surface area contributed by atoms with Crippen LogP contribution in [0.4, 0.5) is 5.69 Å². The molecule has 0 fully saturated rings. The average molecular weight is 308 g/mol. The number of rotatable bonds is 3. The van der Waals surface area contributed by atoms with Gasteiger partial charge in [-0.2, -0.15) is 0 Å². The molecule has 6 heteroatoms. The standard InChI is InChI=1S/C14H11Cl2N3O/c1-3-6-20-14(13-8-17-9-19(13)2)18-12-5-4-10(15)7-11(12)16/h1,4-5,7-9H,6H2,2H3. The normalized spacial score (nSPS) is 11.2. The van der Waals surface area contributed by atoms with Crippen molar-refractivity contribution in [2.24, 2.45) is 12.0 Å². The molecule has 0 unspecified atom stereocenters. The molecule has 0 aliphatic carbocycles. The second-order valence-corrected chi connectivity index (χ2v) is 4.74. The van der Waals surface area contributed by atoms with Crippen molar-refractivity contribution >= 4 is 34.8 Å². The fraction of sp³-hybridized carbons (Fsp3) is 0.143. The molecule has 0 saturated carbocycles. The predicted octanol–water partition coefficient (Wildman–Crippen LogP) is 3.46. The van der Waals surface area contributed by atoms with E-state index >= 15 is 0 Å². The molecule has 1 heterocycles. The molecule has 0 N–H and O–H groups in total. The van der Waals surface area contributed by atoms with Gasteiger partial charge in [0.25, 0.3) is 0 Å². The molecule has 2 rings (SSSR count). The van der Waals surface area contributed by atoms with E-state index in [1.165, 1.54) is 0 Å². The minimum Gasteiger partial charge on any atom is -0.463 e. The summed E-state index contributed by atoms with van der Waals surface area (Å²) in [5.41, 5.74) is 1.25. The Morgan fingerprint density at radius 1 is 1.50 bits per heavy atom. The fourth-order valence-electron chi connectivity index (χ4n) is 1.52. The number of hydrogen-bond acceptors (Lipinski definition) is 3. The summed E-state index contributed by atoms with van der Waals surface area (Å²) in [7, 11) is 1.83. The molecule has 0 radical (unpaired) electrons. The molecule has 1 aromatic heterocycles. The van der Waals surface area contributed by atoms with E-state index in [1.807, 2.05) is 7.05 Å². The van der Waals surface area contributed by atoms with Gasteiger partial charge in [-0.25, -0.2) is 9.98 Å². The number of hydrogen-bond donors (Lipinski definition) is 0. The highest BCUT2D eigenvalue weighted by Gasteiger charge is 2.11. The number of halogens is 2. The van der Waals surface area contributed by atoms with Gasteiger partial charge in [0.1, 0.15) is 5.69 Å². The van der Waals surface area contributed by atoms with Crippen LogP contribution in [0, 0.1) is 12.3 Å². The van der Waals surface area contributed by atoms with Crippen LogP contribution in [-0.2, 0) is 11.8 Å². The lowest BCUT2D eigenvalue weighted by Crippen LogP contribution is -2.11. The highest BCUT2D eigenvalue weighted by atomic mass is 35.5. The molecule has 0 bridgehead atoms. The van der Waals surface area contributed by atoms with Crippen molar-refractivity contribution < 1.29 is 4.74 Å². The molecule has 0 aliphatic rings. The van der Waals surface area contributed by atoms with Crippen LogP contribution in [0.25, 0.3) is 0 Å². The van der Waals surface area contributed by atoms with Crippen molar-refractivity contribution in [1.29, 1.82) is 0 Å². The maximum Gasteiger partial charge on any atom is 0.241 e. The zero-order valence-corrected chi connectivity index (χ0v) is 12.2. The minimum atomic E-state index is 0.106. The summed E-state index contributed by atoms with van der Waals surface area (Å²) in [5.74, 6) is 2.76. The van der Waals surface area contributed by atoms with Crippen molar-refractivity contribution in [2.75, 3.05) is 6.61 Å². The third-order valence-corrected chi connectivity index (χ3v) is 3.00. The number of benzene rings is 1. The summed E-state index contributed by atoms with van der Waals surface area (Å²) < 4.78 is 7.24. The highest BCUT2D eigenvalue weighted by Crippen LogP contribution is 2.28. The summed E-state index contributed by atoms with van der Waals surface area (Å²) in [6, 6.07) is 5.03. The van der Waals surface area contributed by atoms with Crippen molar-refractivity contribution in [1.82, 2.24) is 9.55 Å². The molecular formula is C14H11Cl2N3O. The lowest BCUT2D eigenvalue weighted by atomic mass is 10.3. The maximum atomic E-state index is 6.10. The Morgan fingerprint density at radius 3 is 2.90 bits per heavy atom. The molecule has 0 atom stereocenters. The van der Waals surface area contributed by atoms with Crippen molar-refractivity contribution in [2.45, 2.75) is 0 Å². The van der Waals surface area contributed by atoms with Crippen LogP contribution in [0.1, 0.15) is 5.69 Å². The summed E-state index contributed by atoms with van der Waals surface area (Å²) >= 11 is 12.0. The first-order valence-electron chi connectivity index (χ1n) is 5.68. The van der Waals surface area contributed by atoms with Crippen molar-refractivity contribution in [3.05, 3.63) is 46.5 Å². The molecule has 0 saturated heterocycles. The van der Waals surface area contributed by atoms with E-state index in [0.29, 0.717) is 27.3 Å². The van der Waals surface area contributed by atoms with Gasteiger partial charge < -0.3 is 9.30 Å². The summed E-state index contributed by atoms with van der Waals surface area (Å²) in [6.45, 7) is 0.106. The monoisotopic (exact) mass is 307 g/mol. The first-order chi connectivity index (χ1) is 9.61. The molecular weight excluding hydrogens is 297 g/mol. The zero-order valence-electron chi connectivity index (χ0n) is 10.7. The second kappa shape index (κ2) is 6.47. The number of aliphatic imine (C=N–C) groups is 1. The van der Waals surface area contributed by atoms with Gasteiger partial charge in [0.05, 0.1) is 23.2 Å². The van der Waals surface area contributed by atoms with Crippen LogP contribution in [-0.4, -0.2) is 22.1 Å². The maximum absolute atomic E-state index is 6.10. The quantitative estimate of drug-likeness (QED) is 0.495. The van der Waals surface area contributed by atoms with E-state index in [9.17, 15) is 0 Å². The summed E-state index contributed by atoms with van der Waals surface area (Å²) in [5, 5.41) is 0.974. The predicted molar refractivity (Wildman–Crippen MR) is 80.7 cm³/mol. The number of terminal acetylenes is 1. The van der Waals surface area contributed by atoms with E-state index in [2.05, 4.69) is 15.9 Å². The van der Waals surface area contributed by atoms with Crippen LogP contribution in [0.15, 0.2) is 35.7 Å². The Bertz CT molecular complexity index is 686. The van der Waals surface area contributed by atoms with Gasteiger partial charge in [0, 0.05) is 12.1 Å². The molecule has 0 spiro atoms. The molecule has 0 aliphatic heterocycles. The lowest BCUT2D eigenvalue weighted by Gasteiger charge is -2.08. The first kappa shape index (κ1) is 14.4. The third-order valence-electron chi connectivity index (χ3n) is 2.46. The van der Waals surface area contributed by atoms with Crippen LogP contribution in [0.2, 0.25) is 10.0 Å². The lowest BCUT2D eigenvalue weighted by molar-refractivity contribution is 0.357. The van der Waals surface area contributed by atoms with E-state index < -0.39 is 0 Å². The summed E-state index contributed by atoms with van der Waals surface area (Å²) in [6.07, 6.45) is 8.50. The minimum absolute atomic E-state index is 0.106. The molecule has 1 aromatic carbocycles. The van der Waals surface area contributed by atoms with E-state index in [0.717, 1.165) is 0 Å². The number of ether oxygens (including phenoxy) is 1. The van der Waals surface area contributed by atoms with Gasteiger partial charge in [-0.05, 0) is 18.2 Å². The summed E-state index contributed by atoms with van der Waals surface area (Å²) in [4.78, 5) is 8.41. The Balaban J connectivity index is 2.43. The molecule has 4 nitrogen and oxygen atoms in total. The smallest absolute Gasteiger partial charge is 0.241 e. The second-order valence-electron chi connectivity index (χ2n) is 3.90. The Morgan fingerprint density at radius 2 is 2.30 bits per heavy atom. The van der Waals surface area contributed by atoms with Gasteiger partial charge in [-0.15, -0.1) is 6.42 Å². The first-order valence-corrected chi connectivity index (χ1v) is 6.44. The van der Waals surface area contributed by atoms with E-state index in [1.54, 1.807) is 35.3 Å². The zero-order chi connectivity index (χ0) is 14.5. The van der Waals surface area contributed by atoms with E-state index in [4.69, 9.17) is 34.4 Å². The van der Waals surface area contributed by atoms with Crippen LogP contribution in [0.5, 0.6) is 0 Å². The molecule has 0 amide bonds. The Kier molecular flexibility index (Phi) is 4.67. The van der Waals surface area contributed by atoms with Crippen molar-refractivity contribution in [3.63, 3.8) is 0 Å². The van der Waals surface area contributed by atoms with Crippen LogP contribution in [0.3, 0.4) is 0 Å². The number of imidazole rings is 1. The van der Waals surface area contributed by atoms with E-state index in [-0.39, 0.29) is 6.61 Å². The highest BCUT2D eigenvalue weighted by molar-refractivity contribution is 6.36. The topological polar surface area (TPSA) is 39.4 Å². The Labute approximate surface area is 127 Å².